The maximum atomic E-state index is 12.1. The van der Waals surface area contributed by atoms with Crippen molar-refractivity contribution in [2.75, 3.05) is 19.6 Å². The van der Waals surface area contributed by atoms with Crippen molar-refractivity contribution in [3.8, 4) is 0 Å². The molecule has 118 valence electrons. The van der Waals surface area contributed by atoms with Gasteiger partial charge in [0.1, 0.15) is 12.3 Å². The lowest BCUT2D eigenvalue weighted by atomic mass is 9.96. The highest BCUT2D eigenvalue weighted by Gasteiger charge is 2.19. The van der Waals surface area contributed by atoms with Crippen LogP contribution in [0.3, 0.4) is 0 Å². The summed E-state index contributed by atoms with van der Waals surface area (Å²) in [6.45, 7) is 2.90. The Morgan fingerprint density at radius 2 is 2.45 bits per heavy atom. The molecule has 2 aromatic rings. The summed E-state index contributed by atoms with van der Waals surface area (Å²) in [6, 6.07) is 5.78. The largest absolute Gasteiger partial charge is 0.469 e. The summed E-state index contributed by atoms with van der Waals surface area (Å²) in [7, 11) is 0. The molecule has 22 heavy (non-hydrogen) atoms. The van der Waals surface area contributed by atoms with Crippen molar-refractivity contribution in [3.05, 3.63) is 42.1 Å². The summed E-state index contributed by atoms with van der Waals surface area (Å²) in [5.41, 5.74) is 1.15. The number of furan rings is 1. The molecule has 1 unspecified atom stereocenters. The van der Waals surface area contributed by atoms with Gasteiger partial charge in [-0.2, -0.15) is 5.10 Å². The fourth-order valence-corrected chi connectivity index (χ4v) is 2.90. The van der Waals surface area contributed by atoms with Crippen molar-refractivity contribution >= 4 is 5.91 Å². The van der Waals surface area contributed by atoms with Crippen LogP contribution in [-0.2, 0) is 17.8 Å². The molecule has 6 heteroatoms. The first-order valence-corrected chi connectivity index (χ1v) is 7.84. The van der Waals surface area contributed by atoms with Gasteiger partial charge in [0.15, 0.2) is 0 Å². The molecule has 1 atom stereocenters. The Hall–Kier alpha value is -2.08. The lowest BCUT2D eigenvalue weighted by Gasteiger charge is -2.23. The summed E-state index contributed by atoms with van der Waals surface area (Å²) in [5, 5.41) is 10.6. The van der Waals surface area contributed by atoms with Gasteiger partial charge >= 0.3 is 0 Å². The molecule has 0 aromatic carbocycles. The molecule has 0 radical (unpaired) electrons. The fraction of sp³-hybridized carbons (Fsp3) is 0.500. The van der Waals surface area contributed by atoms with E-state index in [2.05, 4.69) is 15.7 Å². The average Bonchev–Trinajstić information content (AvgIpc) is 3.20. The van der Waals surface area contributed by atoms with E-state index in [0.29, 0.717) is 18.9 Å². The zero-order valence-corrected chi connectivity index (χ0v) is 12.6. The highest BCUT2D eigenvalue weighted by molar-refractivity contribution is 5.75. The van der Waals surface area contributed by atoms with Gasteiger partial charge in [0.2, 0.25) is 5.91 Å². The van der Waals surface area contributed by atoms with E-state index < -0.39 is 0 Å². The van der Waals surface area contributed by atoms with E-state index in [1.807, 2.05) is 22.9 Å². The summed E-state index contributed by atoms with van der Waals surface area (Å²) in [5.74, 6) is 1.32. The SMILES string of the molecule is O=C(Cn1nccc1C1CCCNC1)NCCc1ccco1. The molecule has 3 rings (SSSR count). The first-order valence-electron chi connectivity index (χ1n) is 7.84. The van der Waals surface area contributed by atoms with E-state index in [1.165, 1.54) is 6.42 Å². The van der Waals surface area contributed by atoms with Crippen molar-refractivity contribution in [2.24, 2.45) is 0 Å². The van der Waals surface area contributed by atoms with Crippen LogP contribution in [0, 0.1) is 0 Å². The predicted octanol–water partition coefficient (Wildman–Crippen LogP) is 1.30. The van der Waals surface area contributed by atoms with Gasteiger partial charge in [-0.1, -0.05) is 0 Å². The van der Waals surface area contributed by atoms with Crippen LogP contribution < -0.4 is 10.6 Å². The van der Waals surface area contributed by atoms with Crippen molar-refractivity contribution in [1.29, 1.82) is 0 Å². The number of carbonyl (C=O) groups is 1. The van der Waals surface area contributed by atoms with Crippen molar-refractivity contribution in [3.63, 3.8) is 0 Å². The molecule has 0 saturated carbocycles. The molecule has 1 saturated heterocycles. The van der Waals surface area contributed by atoms with Gasteiger partial charge < -0.3 is 15.1 Å². The normalized spacial score (nSPS) is 18.3. The monoisotopic (exact) mass is 302 g/mol. The topological polar surface area (TPSA) is 72.1 Å². The Morgan fingerprint density at radius 3 is 3.23 bits per heavy atom. The van der Waals surface area contributed by atoms with E-state index >= 15 is 0 Å². The molecule has 3 heterocycles. The standard InChI is InChI=1S/C16H22N4O2/c21-16(18-8-5-14-4-2-10-22-14)12-20-15(6-9-19-20)13-3-1-7-17-11-13/h2,4,6,9-10,13,17H,1,3,5,7-8,11-12H2,(H,18,21). The first-order chi connectivity index (χ1) is 10.8. The molecule has 0 aliphatic carbocycles. The lowest BCUT2D eigenvalue weighted by molar-refractivity contribution is -0.121. The Bertz CT molecular complexity index is 585. The minimum Gasteiger partial charge on any atom is -0.469 e. The average molecular weight is 302 g/mol. The number of aromatic nitrogens is 2. The molecule has 0 bridgehead atoms. The van der Waals surface area contributed by atoms with Crippen LogP contribution in [0.2, 0.25) is 0 Å². The molecular weight excluding hydrogens is 280 g/mol. The Morgan fingerprint density at radius 1 is 1.50 bits per heavy atom. The number of nitrogens with zero attached hydrogens (tertiary/aromatic N) is 2. The number of nitrogens with one attached hydrogen (secondary N) is 2. The van der Waals surface area contributed by atoms with Crippen LogP contribution in [0.25, 0.3) is 0 Å². The maximum Gasteiger partial charge on any atom is 0.241 e. The third-order valence-electron chi connectivity index (χ3n) is 4.03. The lowest BCUT2D eigenvalue weighted by Crippen LogP contribution is -2.33. The second-order valence-corrected chi connectivity index (χ2v) is 5.64. The highest BCUT2D eigenvalue weighted by Crippen LogP contribution is 2.22. The van der Waals surface area contributed by atoms with Gasteiger partial charge in [0.25, 0.3) is 0 Å². The van der Waals surface area contributed by atoms with Crippen molar-refractivity contribution in [2.45, 2.75) is 31.7 Å². The Kier molecular flexibility index (Phi) is 4.90. The van der Waals surface area contributed by atoms with Crippen LogP contribution in [0.15, 0.2) is 35.1 Å². The van der Waals surface area contributed by atoms with Gasteiger partial charge in [-0.25, -0.2) is 0 Å². The third-order valence-corrected chi connectivity index (χ3v) is 4.03. The molecule has 2 N–H and O–H groups in total. The minimum absolute atomic E-state index is 0.0136. The van der Waals surface area contributed by atoms with Crippen LogP contribution >= 0.6 is 0 Å². The van der Waals surface area contributed by atoms with Crippen LogP contribution in [0.4, 0.5) is 0 Å². The molecule has 1 amide bonds. The van der Waals surface area contributed by atoms with Crippen molar-refractivity contribution < 1.29 is 9.21 Å². The molecule has 1 aliphatic heterocycles. The smallest absolute Gasteiger partial charge is 0.241 e. The van der Waals surface area contributed by atoms with Crippen LogP contribution in [0.1, 0.15) is 30.2 Å². The van der Waals surface area contributed by atoms with E-state index in [-0.39, 0.29) is 12.5 Å². The summed E-state index contributed by atoms with van der Waals surface area (Å²) in [4.78, 5) is 12.1. The van der Waals surface area contributed by atoms with Gasteiger partial charge in [0.05, 0.1) is 6.26 Å². The number of piperidine rings is 1. The fourth-order valence-electron chi connectivity index (χ4n) is 2.90. The van der Waals surface area contributed by atoms with Gasteiger partial charge in [-0.15, -0.1) is 0 Å². The Balaban J connectivity index is 1.50. The second kappa shape index (κ2) is 7.26. The number of carbonyl (C=O) groups excluding carboxylic acids is 1. The number of hydrogen-bond acceptors (Lipinski definition) is 4. The number of rotatable bonds is 6. The maximum absolute atomic E-state index is 12.1. The first kappa shape index (κ1) is 14.8. The molecule has 2 aromatic heterocycles. The van der Waals surface area contributed by atoms with Gasteiger partial charge in [-0.05, 0) is 37.6 Å². The molecule has 0 spiro atoms. The molecule has 1 aliphatic rings. The van der Waals surface area contributed by atoms with E-state index in [1.54, 1.807) is 12.5 Å². The van der Waals surface area contributed by atoms with Crippen LogP contribution in [0.5, 0.6) is 0 Å². The zero-order chi connectivity index (χ0) is 15.2. The van der Waals surface area contributed by atoms with Crippen molar-refractivity contribution in [1.82, 2.24) is 20.4 Å². The highest BCUT2D eigenvalue weighted by atomic mass is 16.3. The molecular formula is C16H22N4O2. The molecule has 6 nitrogen and oxygen atoms in total. The number of hydrogen-bond donors (Lipinski definition) is 2. The van der Waals surface area contributed by atoms with E-state index in [4.69, 9.17) is 4.42 Å². The molecule has 1 fully saturated rings. The minimum atomic E-state index is -0.0136. The predicted molar refractivity (Wildman–Crippen MR) is 82.5 cm³/mol. The summed E-state index contributed by atoms with van der Waals surface area (Å²) >= 11 is 0. The van der Waals surface area contributed by atoms with E-state index in [0.717, 1.165) is 31.0 Å². The second-order valence-electron chi connectivity index (χ2n) is 5.64. The summed E-state index contributed by atoms with van der Waals surface area (Å²) < 4.78 is 7.06. The summed E-state index contributed by atoms with van der Waals surface area (Å²) in [6.07, 6.45) is 6.45. The third kappa shape index (κ3) is 3.76. The number of amides is 1. The Labute approximate surface area is 129 Å². The van der Waals surface area contributed by atoms with E-state index in [9.17, 15) is 4.79 Å². The van der Waals surface area contributed by atoms with Gasteiger partial charge in [0, 0.05) is 37.3 Å². The quantitative estimate of drug-likeness (QED) is 0.844. The van der Waals surface area contributed by atoms with Gasteiger partial charge in [-0.3, -0.25) is 9.48 Å². The zero-order valence-electron chi connectivity index (χ0n) is 12.6. The van der Waals surface area contributed by atoms with Crippen LogP contribution in [-0.4, -0.2) is 35.3 Å².